The van der Waals surface area contributed by atoms with E-state index >= 15 is 0 Å². The number of likely N-dealkylation sites (N-methyl/N-ethyl adjacent to an activating group) is 1. The van der Waals surface area contributed by atoms with Crippen LogP contribution in [0, 0.1) is 0 Å². The number of nitrogens with two attached hydrogens (primary N) is 1. The van der Waals surface area contributed by atoms with Crippen molar-refractivity contribution < 1.29 is 0 Å². The number of rotatable bonds is 6. The summed E-state index contributed by atoms with van der Waals surface area (Å²) < 4.78 is 1.85. The summed E-state index contributed by atoms with van der Waals surface area (Å²) in [6.45, 7) is 8.80. The number of hydrogen-bond acceptors (Lipinski definition) is 4. The van der Waals surface area contributed by atoms with Crippen LogP contribution in [0.5, 0.6) is 0 Å². The first-order chi connectivity index (χ1) is 6.80. The first kappa shape index (κ1) is 11.1. The van der Waals surface area contributed by atoms with Gasteiger partial charge in [-0.25, -0.2) is 4.98 Å². The molecule has 1 aromatic rings. The molecule has 0 unspecified atom stereocenters. The third-order valence-electron chi connectivity index (χ3n) is 2.31. The maximum absolute atomic E-state index is 5.42. The Morgan fingerprint density at radius 1 is 1.43 bits per heavy atom. The van der Waals surface area contributed by atoms with Gasteiger partial charge in [0.2, 0.25) is 0 Å². The highest BCUT2D eigenvalue weighted by Crippen LogP contribution is 1.91. The molecular weight excluding hydrogens is 178 g/mol. The van der Waals surface area contributed by atoms with Gasteiger partial charge < -0.3 is 10.6 Å². The van der Waals surface area contributed by atoms with Crippen molar-refractivity contribution in [3.05, 3.63) is 12.2 Å². The van der Waals surface area contributed by atoms with Gasteiger partial charge in [0.1, 0.15) is 6.33 Å². The molecule has 80 valence electrons. The van der Waals surface area contributed by atoms with Gasteiger partial charge in [0.25, 0.3) is 0 Å². The third-order valence-corrected chi connectivity index (χ3v) is 2.31. The molecular formula is C9H19N5. The lowest BCUT2D eigenvalue weighted by atomic mass is 10.5. The standard InChI is InChI=1S/C9H19N5/c1-3-13(4-2)5-6-14-8-11-9(7-10)12-14/h8H,3-7,10H2,1-2H3. The fourth-order valence-corrected chi connectivity index (χ4v) is 1.32. The summed E-state index contributed by atoms with van der Waals surface area (Å²) in [6.07, 6.45) is 1.74. The van der Waals surface area contributed by atoms with Gasteiger partial charge in [0, 0.05) is 6.54 Å². The molecule has 0 amide bonds. The van der Waals surface area contributed by atoms with Crippen LogP contribution in [-0.2, 0) is 13.1 Å². The lowest BCUT2D eigenvalue weighted by molar-refractivity contribution is 0.285. The minimum atomic E-state index is 0.415. The monoisotopic (exact) mass is 197 g/mol. The van der Waals surface area contributed by atoms with Crippen LogP contribution in [0.3, 0.4) is 0 Å². The van der Waals surface area contributed by atoms with Gasteiger partial charge in [-0.05, 0) is 13.1 Å². The van der Waals surface area contributed by atoms with Crippen molar-refractivity contribution in [3.63, 3.8) is 0 Å². The molecule has 0 spiro atoms. The van der Waals surface area contributed by atoms with E-state index in [0.717, 1.165) is 26.2 Å². The van der Waals surface area contributed by atoms with Gasteiger partial charge in [-0.1, -0.05) is 13.8 Å². The summed E-state index contributed by atoms with van der Waals surface area (Å²) in [5, 5.41) is 4.22. The second-order valence-corrected chi connectivity index (χ2v) is 3.15. The Balaban J connectivity index is 2.37. The molecule has 0 aromatic carbocycles. The van der Waals surface area contributed by atoms with E-state index in [1.54, 1.807) is 6.33 Å². The lowest BCUT2D eigenvalue weighted by Crippen LogP contribution is -2.27. The molecule has 5 heteroatoms. The second-order valence-electron chi connectivity index (χ2n) is 3.15. The molecule has 2 N–H and O–H groups in total. The maximum atomic E-state index is 5.42. The number of aromatic nitrogens is 3. The van der Waals surface area contributed by atoms with E-state index < -0.39 is 0 Å². The van der Waals surface area contributed by atoms with Crippen LogP contribution in [0.2, 0.25) is 0 Å². The maximum Gasteiger partial charge on any atom is 0.164 e. The van der Waals surface area contributed by atoms with Gasteiger partial charge in [-0.15, -0.1) is 0 Å². The quantitative estimate of drug-likeness (QED) is 0.701. The predicted octanol–water partition coefficient (Wildman–Crippen LogP) is 0.0786. The van der Waals surface area contributed by atoms with Crippen molar-refractivity contribution in [2.24, 2.45) is 5.73 Å². The van der Waals surface area contributed by atoms with Crippen LogP contribution in [0.4, 0.5) is 0 Å². The van der Waals surface area contributed by atoms with Crippen molar-refractivity contribution in [2.75, 3.05) is 19.6 Å². The SMILES string of the molecule is CCN(CC)CCn1cnc(CN)n1. The fourth-order valence-electron chi connectivity index (χ4n) is 1.32. The molecule has 0 aliphatic carbocycles. The van der Waals surface area contributed by atoms with Crippen molar-refractivity contribution in [2.45, 2.75) is 26.9 Å². The van der Waals surface area contributed by atoms with Crippen LogP contribution in [0.25, 0.3) is 0 Å². The van der Waals surface area contributed by atoms with Crippen LogP contribution < -0.4 is 5.73 Å². The molecule has 0 fully saturated rings. The van der Waals surface area contributed by atoms with Gasteiger partial charge in [-0.3, -0.25) is 4.68 Å². The highest BCUT2D eigenvalue weighted by molar-refractivity contribution is 4.79. The summed E-state index contributed by atoms with van der Waals surface area (Å²) in [5.41, 5.74) is 5.42. The highest BCUT2D eigenvalue weighted by Gasteiger charge is 2.01. The largest absolute Gasteiger partial charge is 0.324 e. The number of hydrogen-bond donors (Lipinski definition) is 1. The Morgan fingerprint density at radius 2 is 2.14 bits per heavy atom. The van der Waals surface area contributed by atoms with E-state index in [2.05, 4.69) is 28.8 Å². The van der Waals surface area contributed by atoms with Crippen molar-refractivity contribution in [1.29, 1.82) is 0 Å². The molecule has 0 saturated carbocycles. The molecule has 0 radical (unpaired) electrons. The minimum absolute atomic E-state index is 0.415. The van der Waals surface area contributed by atoms with Crippen molar-refractivity contribution >= 4 is 0 Å². The van der Waals surface area contributed by atoms with Crippen LogP contribution >= 0.6 is 0 Å². The zero-order valence-electron chi connectivity index (χ0n) is 8.98. The average molecular weight is 197 g/mol. The van der Waals surface area contributed by atoms with E-state index in [1.807, 2.05) is 4.68 Å². The summed E-state index contributed by atoms with van der Waals surface area (Å²) >= 11 is 0. The zero-order valence-corrected chi connectivity index (χ0v) is 8.98. The Labute approximate surface area is 84.9 Å². The Bertz CT molecular complexity index is 253. The Kier molecular flexibility index (Phi) is 4.55. The Hall–Kier alpha value is -0.940. The van der Waals surface area contributed by atoms with Crippen molar-refractivity contribution in [1.82, 2.24) is 19.7 Å². The summed E-state index contributed by atoms with van der Waals surface area (Å²) in [4.78, 5) is 6.42. The molecule has 5 nitrogen and oxygen atoms in total. The van der Waals surface area contributed by atoms with E-state index in [-0.39, 0.29) is 0 Å². The molecule has 0 aliphatic heterocycles. The molecule has 14 heavy (non-hydrogen) atoms. The molecule has 1 aromatic heterocycles. The molecule has 0 aliphatic rings. The first-order valence-corrected chi connectivity index (χ1v) is 5.10. The second kappa shape index (κ2) is 5.72. The van der Waals surface area contributed by atoms with E-state index in [0.29, 0.717) is 12.4 Å². The normalized spacial score (nSPS) is 11.1. The average Bonchev–Trinajstić information content (AvgIpc) is 2.67. The van der Waals surface area contributed by atoms with Gasteiger partial charge in [-0.2, -0.15) is 5.10 Å². The minimum Gasteiger partial charge on any atom is -0.324 e. The van der Waals surface area contributed by atoms with Gasteiger partial charge in [0.15, 0.2) is 5.82 Å². The molecule has 1 heterocycles. The summed E-state index contributed by atoms with van der Waals surface area (Å²) in [5.74, 6) is 0.713. The molecule has 0 atom stereocenters. The summed E-state index contributed by atoms with van der Waals surface area (Å²) in [6, 6.07) is 0. The van der Waals surface area contributed by atoms with Crippen LogP contribution in [0.1, 0.15) is 19.7 Å². The lowest BCUT2D eigenvalue weighted by Gasteiger charge is -2.17. The molecule has 0 saturated heterocycles. The van der Waals surface area contributed by atoms with Crippen molar-refractivity contribution in [3.8, 4) is 0 Å². The predicted molar refractivity (Wildman–Crippen MR) is 55.7 cm³/mol. The van der Waals surface area contributed by atoms with E-state index in [4.69, 9.17) is 5.73 Å². The molecule has 0 bridgehead atoms. The van der Waals surface area contributed by atoms with Gasteiger partial charge in [0.05, 0.1) is 13.1 Å². The molecule has 1 rings (SSSR count). The zero-order chi connectivity index (χ0) is 10.4. The smallest absolute Gasteiger partial charge is 0.164 e. The van der Waals surface area contributed by atoms with E-state index in [1.165, 1.54) is 0 Å². The van der Waals surface area contributed by atoms with Crippen LogP contribution in [0.15, 0.2) is 6.33 Å². The highest BCUT2D eigenvalue weighted by atomic mass is 15.3. The Morgan fingerprint density at radius 3 is 2.64 bits per heavy atom. The summed E-state index contributed by atoms with van der Waals surface area (Å²) in [7, 11) is 0. The number of nitrogens with zero attached hydrogens (tertiary/aromatic N) is 4. The first-order valence-electron chi connectivity index (χ1n) is 5.10. The fraction of sp³-hybridized carbons (Fsp3) is 0.778. The third kappa shape index (κ3) is 3.08. The van der Waals surface area contributed by atoms with Gasteiger partial charge >= 0.3 is 0 Å². The van der Waals surface area contributed by atoms with Crippen LogP contribution in [-0.4, -0.2) is 39.3 Å². The van der Waals surface area contributed by atoms with E-state index in [9.17, 15) is 0 Å². The topological polar surface area (TPSA) is 60.0 Å².